The highest BCUT2D eigenvalue weighted by atomic mass is 16.8. The summed E-state index contributed by atoms with van der Waals surface area (Å²) < 4.78 is 15.4. The first kappa shape index (κ1) is 7.21. The molecule has 0 aliphatic carbocycles. The molecule has 0 amide bonds. The number of carbonyl (C=O) groups is 1. The van der Waals surface area contributed by atoms with Gasteiger partial charge in [0.1, 0.15) is 6.10 Å². The molecule has 2 fully saturated rings. The Bertz CT molecular complexity index is 203. The summed E-state index contributed by atoms with van der Waals surface area (Å²) in [4.78, 5) is 11.0. The molecule has 0 aromatic carbocycles. The molecule has 3 atom stereocenters. The Labute approximate surface area is 64.4 Å². The number of hydrogen-bond donors (Lipinski definition) is 0. The molecule has 0 saturated carbocycles. The Morgan fingerprint density at radius 3 is 2.82 bits per heavy atom. The number of carbonyl (C=O) groups excluding carboxylic acids is 1. The highest BCUT2D eigenvalue weighted by Crippen LogP contribution is 2.40. The van der Waals surface area contributed by atoms with E-state index in [0.717, 1.165) is 0 Å². The van der Waals surface area contributed by atoms with Crippen molar-refractivity contribution in [2.75, 3.05) is 6.79 Å². The Morgan fingerprint density at radius 2 is 2.27 bits per heavy atom. The zero-order valence-corrected chi connectivity index (χ0v) is 6.49. The third-order valence-corrected chi connectivity index (χ3v) is 2.33. The van der Waals surface area contributed by atoms with Gasteiger partial charge in [-0.2, -0.15) is 0 Å². The second kappa shape index (κ2) is 2.03. The molecule has 0 aromatic rings. The zero-order chi connectivity index (χ0) is 8.06. The highest BCUT2D eigenvalue weighted by molar-refractivity contribution is 5.86. The fourth-order valence-electron chi connectivity index (χ4n) is 1.38. The van der Waals surface area contributed by atoms with Crippen LogP contribution in [0, 0.1) is 0 Å². The van der Waals surface area contributed by atoms with E-state index in [1.807, 2.05) is 0 Å². The number of ether oxygens (including phenoxy) is 3. The second-order valence-corrected chi connectivity index (χ2v) is 3.02. The van der Waals surface area contributed by atoms with Crippen LogP contribution in [0.4, 0.5) is 0 Å². The van der Waals surface area contributed by atoms with Crippen LogP contribution in [-0.4, -0.2) is 30.6 Å². The molecule has 2 saturated heterocycles. The number of fused-ring (bicyclic) bond motifs is 1. The van der Waals surface area contributed by atoms with Crippen molar-refractivity contribution in [3.05, 3.63) is 0 Å². The van der Waals surface area contributed by atoms with Crippen molar-refractivity contribution >= 4 is 5.78 Å². The Balaban J connectivity index is 2.14. The number of rotatable bonds is 1. The third kappa shape index (κ3) is 0.772. The van der Waals surface area contributed by atoms with E-state index in [4.69, 9.17) is 14.2 Å². The predicted molar refractivity (Wildman–Crippen MR) is 34.8 cm³/mol. The van der Waals surface area contributed by atoms with Crippen LogP contribution in [0.1, 0.15) is 13.8 Å². The summed E-state index contributed by atoms with van der Waals surface area (Å²) in [5.41, 5.74) is -0.763. The van der Waals surface area contributed by atoms with E-state index in [0.29, 0.717) is 0 Å². The van der Waals surface area contributed by atoms with Gasteiger partial charge in [0.05, 0.1) is 0 Å². The van der Waals surface area contributed by atoms with Crippen LogP contribution in [0.15, 0.2) is 0 Å². The van der Waals surface area contributed by atoms with E-state index in [9.17, 15) is 4.79 Å². The molecule has 0 bridgehead atoms. The molecule has 62 valence electrons. The van der Waals surface area contributed by atoms with Gasteiger partial charge in [0.15, 0.2) is 24.5 Å². The number of hydrogen-bond acceptors (Lipinski definition) is 4. The van der Waals surface area contributed by atoms with Gasteiger partial charge < -0.3 is 14.2 Å². The topological polar surface area (TPSA) is 44.8 Å². The quantitative estimate of drug-likeness (QED) is 0.541. The van der Waals surface area contributed by atoms with Gasteiger partial charge in [-0.1, -0.05) is 0 Å². The Hall–Kier alpha value is -0.450. The smallest absolute Gasteiger partial charge is 0.191 e. The van der Waals surface area contributed by atoms with Gasteiger partial charge >= 0.3 is 0 Å². The molecule has 4 heteroatoms. The van der Waals surface area contributed by atoms with Crippen LogP contribution < -0.4 is 0 Å². The summed E-state index contributed by atoms with van der Waals surface area (Å²) in [6, 6.07) is 0. The van der Waals surface area contributed by atoms with Gasteiger partial charge in [0.25, 0.3) is 0 Å². The lowest BCUT2D eigenvalue weighted by molar-refractivity contribution is -0.291. The van der Waals surface area contributed by atoms with E-state index in [2.05, 4.69) is 0 Å². The van der Waals surface area contributed by atoms with Gasteiger partial charge in [-0.25, -0.2) is 0 Å². The van der Waals surface area contributed by atoms with Crippen molar-refractivity contribution in [3.8, 4) is 0 Å². The maximum absolute atomic E-state index is 11.0. The monoisotopic (exact) mass is 158 g/mol. The van der Waals surface area contributed by atoms with E-state index in [-0.39, 0.29) is 25.0 Å². The molecule has 11 heavy (non-hydrogen) atoms. The summed E-state index contributed by atoms with van der Waals surface area (Å²) in [6.07, 6.45) is -0.510. The molecule has 0 radical (unpaired) electrons. The second-order valence-electron chi connectivity index (χ2n) is 3.02. The van der Waals surface area contributed by atoms with Gasteiger partial charge in [-0.15, -0.1) is 0 Å². The molecule has 0 spiro atoms. The Morgan fingerprint density at radius 1 is 1.55 bits per heavy atom. The minimum absolute atomic E-state index is 0.00995. The number of ketones is 1. The molecule has 0 aromatic heterocycles. The normalized spacial score (nSPS) is 48.2. The lowest BCUT2D eigenvalue weighted by Crippen LogP contribution is -2.64. The molecule has 0 unspecified atom stereocenters. The molecule has 2 aliphatic heterocycles. The van der Waals surface area contributed by atoms with Crippen molar-refractivity contribution in [3.63, 3.8) is 0 Å². The lowest BCUT2D eigenvalue weighted by Gasteiger charge is -2.44. The average molecular weight is 158 g/mol. The largest absolute Gasteiger partial charge is 0.343 e. The van der Waals surface area contributed by atoms with Crippen molar-refractivity contribution in [1.29, 1.82) is 0 Å². The fraction of sp³-hybridized carbons (Fsp3) is 0.857. The van der Waals surface area contributed by atoms with Crippen LogP contribution in [0.25, 0.3) is 0 Å². The van der Waals surface area contributed by atoms with Gasteiger partial charge in [0.2, 0.25) is 0 Å². The number of Topliss-reactive ketones (excluding diaryl/α,β-unsaturated/α-hetero) is 1. The fourth-order valence-corrected chi connectivity index (χ4v) is 1.38. The van der Waals surface area contributed by atoms with Crippen molar-refractivity contribution in [1.82, 2.24) is 0 Å². The summed E-state index contributed by atoms with van der Waals surface area (Å²) in [5, 5.41) is 0. The molecular formula is C7H10O4. The third-order valence-electron chi connectivity index (χ3n) is 2.33. The van der Waals surface area contributed by atoms with Crippen LogP contribution in [-0.2, 0) is 19.0 Å². The van der Waals surface area contributed by atoms with Crippen molar-refractivity contribution in [2.24, 2.45) is 0 Å². The highest BCUT2D eigenvalue weighted by Gasteiger charge is 2.60. The van der Waals surface area contributed by atoms with E-state index < -0.39 is 5.60 Å². The molecule has 2 heterocycles. The minimum atomic E-state index is -0.763. The van der Waals surface area contributed by atoms with Gasteiger partial charge in [0, 0.05) is 0 Å². The van der Waals surface area contributed by atoms with Gasteiger partial charge in [-0.3, -0.25) is 4.79 Å². The zero-order valence-electron chi connectivity index (χ0n) is 6.49. The van der Waals surface area contributed by atoms with Crippen molar-refractivity contribution < 1.29 is 19.0 Å². The van der Waals surface area contributed by atoms with Gasteiger partial charge in [-0.05, 0) is 13.8 Å². The summed E-state index contributed by atoms with van der Waals surface area (Å²) in [6.45, 7) is 3.46. The first-order valence-corrected chi connectivity index (χ1v) is 3.56. The minimum Gasteiger partial charge on any atom is -0.343 e. The summed E-state index contributed by atoms with van der Waals surface area (Å²) in [7, 11) is 0. The van der Waals surface area contributed by atoms with Crippen LogP contribution in [0.2, 0.25) is 0 Å². The SMILES string of the molecule is CC(=O)[C@]1(C)O[C@@H]2OCO[C@@H]21. The predicted octanol–water partition coefficient (Wildman–Crippen LogP) is 0.0633. The molecule has 2 aliphatic rings. The lowest BCUT2D eigenvalue weighted by atomic mass is 9.88. The van der Waals surface area contributed by atoms with Crippen LogP contribution >= 0.6 is 0 Å². The first-order valence-electron chi connectivity index (χ1n) is 3.56. The first-order chi connectivity index (χ1) is 5.14. The molecule has 4 nitrogen and oxygen atoms in total. The van der Waals surface area contributed by atoms with Crippen LogP contribution in [0.5, 0.6) is 0 Å². The maximum atomic E-state index is 11.0. The average Bonchev–Trinajstić information content (AvgIpc) is 2.29. The molecule has 2 rings (SSSR count). The van der Waals surface area contributed by atoms with Crippen LogP contribution in [0.3, 0.4) is 0 Å². The summed E-state index contributed by atoms with van der Waals surface area (Å²) >= 11 is 0. The van der Waals surface area contributed by atoms with E-state index >= 15 is 0 Å². The maximum Gasteiger partial charge on any atom is 0.191 e. The van der Waals surface area contributed by atoms with Crippen molar-refractivity contribution in [2.45, 2.75) is 31.8 Å². The molecule has 0 N–H and O–H groups in total. The van der Waals surface area contributed by atoms with E-state index in [1.54, 1.807) is 6.92 Å². The molecular weight excluding hydrogens is 148 g/mol. The summed E-state index contributed by atoms with van der Waals surface area (Å²) in [5.74, 6) is -0.00995. The Kier molecular flexibility index (Phi) is 1.33. The van der Waals surface area contributed by atoms with E-state index in [1.165, 1.54) is 6.92 Å². The standard InChI is InChI=1S/C7H10O4/c1-4(8)7(2)5-6(11-7)10-3-9-5/h5-6H,3H2,1-2H3/t5-,6-,7-/m0/s1.